The number of aliphatic hydroxyl groups excluding tert-OH is 2. The summed E-state index contributed by atoms with van der Waals surface area (Å²) in [6.07, 6.45) is -8.91. The van der Waals surface area contributed by atoms with Crippen molar-refractivity contribution in [3.8, 4) is 11.5 Å². The number of rotatable bonds is 10. The quantitative estimate of drug-likeness (QED) is 0.324. The van der Waals surface area contributed by atoms with E-state index >= 15 is 0 Å². The molecule has 4 N–H and O–H groups in total. The van der Waals surface area contributed by atoms with Gasteiger partial charge in [-0.2, -0.15) is 26.3 Å². The molecule has 0 spiro atoms. The third-order valence-electron chi connectivity index (χ3n) is 4.01. The van der Waals surface area contributed by atoms with Crippen LogP contribution in [0.25, 0.3) is 0 Å². The standard InChI is InChI=1S/2C9H7F3O3.C5H13NO2/c2*10-9(11,12)6-2-1-3-7(4-6)15-5-8(13)14;1-6(2-4-7)3-5-8/h2*1-4H,5H2,(H,13,14);7-8H,2-5H2,1H3. The van der Waals surface area contributed by atoms with Crippen molar-refractivity contribution in [3.63, 3.8) is 0 Å². The minimum Gasteiger partial charge on any atom is -0.482 e. The summed E-state index contributed by atoms with van der Waals surface area (Å²) >= 11 is 0. The largest absolute Gasteiger partial charge is 0.482 e. The molecule has 2 aromatic carbocycles. The lowest BCUT2D eigenvalue weighted by Gasteiger charge is -2.11. The van der Waals surface area contributed by atoms with Crippen molar-refractivity contribution < 1.29 is 65.8 Å². The Bertz CT molecular complexity index is 907. The molecular formula is C23H27F6NO8. The molecule has 2 rings (SSSR count). The van der Waals surface area contributed by atoms with E-state index in [2.05, 4.69) is 9.47 Å². The Hall–Kier alpha value is -3.56. The van der Waals surface area contributed by atoms with Crippen LogP contribution in [0.5, 0.6) is 11.5 Å². The number of aliphatic hydroxyl groups is 2. The number of benzene rings is 2. The van der Waals surface area contributed by atoms with Gasteiger partial charge in [0.2, 0.25) is 0 Å². The number of carboxylic acid groups (broad SMARTS) is 2. The lowest BCUT2D eigenvalue weighted by atomic mass is 10.2. The van der Waals surface area contributed by atoms with Crippen LogP contribution in [0.4, 0.5) is 26.3 Å². The Morgan fingerprint density at radius 3 is 1.34 bits per heavy atom. The first-order valence-corrected chi connectivity index (χ1v) is 10.5. The molecule has 2 aromatic rings. The van der Waals surface area contributed by atoms with Gasteiger partial charge in [-0.1, -0.05) is 12.1 Å². The van der Waals surface area contributed by atoms with Crippen molar-refractivity contribution in [2.45, 2.75) is 12.4 Å². The molecule has 0 amide bonds. The van der Waals surface area contributed by atoms with Crippen molar-refractivity contribution in [2.75, 3.05) is 46.6 Å². The first-order valence-electron chi connectivity index (χ1n) is 10.5. The van der Waals surface area contributed by atoms with Crippen LogP contribution in [0.3, 0.4) is 0 Å². The van der Waals surface area contributed by atoms with Gasteiger partial charge in [-0.15, -0.1) is 0 Å². The van der Waals surface area contributed by atoms with E-state index in [1.807, 2.05) is 11.9 Å². The maximum Gasteiger partial charge on any atom is 0.416 e. The monoisotopic (exact) mass is 559 g/mol. The second-order valence-electron chi connectivity index (χ2n) is 7.17. The predicted octanol–water partition coefficient (Wildman–Crippen LogP) is 3.24. The molecule has 0 heterocycles. The normalized spacial score (nSPS) is 11.0. The van der Waals surface area contributed by atoms with Gasteiger partial charge in [0.05, 0.1) is 24.3 Å². The SMILES string of the molecule is CN(CCO)CCO.O=C(O)COc1cccc(C(F)(F)F)c1.O=C(O)COc1cccc(C(F)(F)F)c1. The molecular weight excluding hydrogens is 532 g/mol. The number of likely N-dealkylation sites (N-methyl/N-ethyl adjacent to an activating group) is 1. The zero-order valence-electron chi connectivity index (χ0n) is 20.0. The maximum absolute atomic E-state index is 12.2. The molecule has 0 aliphatic carbocycles. The van der Waals surface area contributed by atoms with Crippen LogP contribution < -0.4 is 9.47 Å². The van der Waals surface area contributed by atoms with Crippen LogP contribution >= 0.6 is 0 Å². The number of carbonyl (C=O) groups is 2. The Balaban J connectivity index is 0.000000569. The van der Waals surface area contributed by atoms with Gasteiger partial charge in [-0.25, -0.2) is 9.59 Å². The van der Waals surface area contributed by atoms with E-state index in [1.54, 1.807) is 0 Å². The topological polar surface area (TPSA) is 137 Å². The second-order valence-corrected chi connectivity index (χ2v) is 7.17. The molecule has 0 aliphatic rings. The number of nitrogens with zero attached hydrogens (tertiary/aromatic N) is 1. The Labute approximate surface area is 213 Å². The van der Waals surface area contributed by atoms with Crippen molar-refractivity contribution in [1.82, 2.24) is 4.90 Å². The molecule has 0 aliphatic heterocycles. The fraction of sp³-hybridized carbons (Fsp3) is 0.391. The zero-order valence-corrected chi connectivity index (χ0v) is 20.0. The van der Waals surface area contributed by atoms with E-state index < -0.39 is 48.6 Å². The number of hydrogen-bond donors (Lipinski definition) is 4. The van der Waals surface area contributed by atoms with Crippen LogP contribution in [0.15, 0.2) is 48.5 Å². The first-order chi connectivity index (χ1) is 17.6. The summed E-state index contributed by atoms with van der Waals surface area (Å²) in [7, 11) is 1.85. The molecule has 0 unspecified atom stereocenters. The molecule has 0 atom stereocenters. The van der Waals surface area contributed by atoms with Crippen LogP contribution in [-0.4, -0.2) is 83.8 Å². The molecule has 214 valence electrons. The van der Waals surface area contributed by atoms with Crippen LogP contribution in [0, 0.1) is 0 Å². The lowest BCUT2D eigenvalue weighted by molar-refractivity contribution is -0.140. The average Bonchev–Trinajstić information content (AvgIpc) is 2.82. The van der Waals surface area contributed by atoms with Gasteiger partial charge in [0.25, 0.3) is 0 Å². The molecule has 9 nitrogen and oxygen atoms in total. The smallest absolute Gasteiger partial charge is 0.416 e. The summed E-state index contributed by atoms with van der Waals surface area (Å²) in [6, 6.07) is 8.10. The summed E-state index contributed by atoms with van der Waals surface area (Å²) in [5.41, 5.74) is -1.74. The average molecular weight is 559 g/mol. The van der Waals surface area contributed by atoms with Crippen LogP contribution in [-0.2, 0) is 21.9 Å². The van der Waals surface area contributed by atoms with Crippen molar-refractivity contribution in [1.29, 1.82) is 0 Å². The van der Waals surface area contributed by atoms with E-state index in [1.165, 1.54) is 12.1 Å². The predicted molar refractivity (Wildman–Crippen MR) is 121 cm³/mol. The molecule has 15 heteroatoms. The van der Waals surface area contributed by atoms with E-state index in [-0.39, 0.29) is 24.7 Å². The number of ether oxygens (including phenoxy) is 2. The third kappa shape index (κ3) is 16.2. The first kappa shape index (κ1) is 34.4. The number of alkyl halides is 6. The van der Waals surface area contributed by atoms with Gasteiger partial charge in [0.1, 0.15) is 11.5 Å². The summed E-state index contributed by atoms with van der Waals surface area (Å²) in [5, 5.41) is 33.2. The van der Waals surface area contributed by atoms with E-state index in [4.69, 9.17) is 20.4 Å². The minimum absolute atomic E-state index is 0.118. The molecule has 0 saturated heterocycles. The Kier molecular flexibility index (Phi) is 15.4. The molecule has 0 saturated carbocycles. The molecule has 0 radical (unpaired) electrons. The minimum atomic E-state index is -4.46. The van der Waals surface area contributed by atoms with Gasteiger partial charge >= 0.3 is 24.3 Å². The summed E-state index contributed by atoms with van der Waals surface area (Å²) in [5.74, 6) is -2.72. The maximum atomic E-state index is 12.2. The molecule has 0 bridgehead atoms. The van der Waals surface area contributed by atoms with Crippen molar-refractivity contribution in [3.05, 3.63) is 59.7 Å². The van der Waals surface area contributed by atoms with E-state index in [0.29, 0.717) is 13.1 Å². The van der Waals surface area contributed by atoms with E-state index in [0.717, 1.165) is 36.4 Å². The van der Waals surface area contributed by atoms with Crippen LogP contribution in [0.2, 0.25) is 0 Å². The highest BCUT2D eigenvalue weighted by atomic mass is 19.4. The van der Waals surface area contributed by atoms with Gasteiger partial charge in [-0.05, 0) is 43.4 Å². The summed E-state index contributed by atoms with van der Waals surface area (Å²) < 4.78 is 82.4. The van der Waals surface area contributed by atoms with Crippen molar-refractivity contribution in [2.24, 2.45) is 0 Å². The zero-order chi connectivity index (χ0) is 29.4. The summed E-state index contributed by atoms with van der Waals surface area (Å²) in [6.45, 7) is 0.275. The lowest BCUT2D eigenvalue weighted by Crippen LogP contribution is -2.25. The Morgan fingerprint density at radius 2 is 1.08 bits per heavy atom. The van der Waals surface area contributed by atoms with Gasteiger partial charge in [-0.3, -0.25) is 0 Å². The van der Waals surface area contributed by atoms with Crippen LogP contribution in [0.1, 0.15) is 11.1 Å². The number of hydrogen-bond acceptors (Lipinski definition) is 7. The molecule has 0 fully saturated rings. The number of halogens is 6. The van der Waals surface area contributed by atoms with Crippen molar-refractivity contribution >= 4 is 11.9 Å². The highest BCUT2D eigenvalue weighted by Gasteiger charge is 2.31. The van der Waals surface area contributed by atoms with Gasteiger partial charge in [0, 0.05) is 13.1 Å². The van der Waals surface area contributed by atoms with Gasteiger partial charge < -0.3 is 34.8 Å². The fourth-order valence-electron chi connectivity index (χ4n) is 2.27. The summed E-state index contributed by atoms with van der Waals surface area (Å²) in [4.78, 5) is 22.1. The van der Waals surface area contributed by atoms with Gasteiger partial charge in [0.15, 0.2) is 13.2 Å². The Morgan fingerprint density at radius 1 is 0.737 bits per heavy atom. The second kappa shape index (κ2) is 17.0. The highest BCUT2D eigenvalue weighted by molar-refractivity contribution is 5.68. The molecule has 38 heavy (non-hydrogen) atoms. The number of aliphatic carboxylic acids is 2. The third-order valence-corrected chi connectivity index (χ3v) is 4.01. The molecule has 0 aromatic heterocycles. The number of carboxylic acids is 2. The fourth-order valence-corrected chi connectivity index (χ4v) is 2.27. The van der Waals surface area contributed by atoms with E-state index in [9.17, 15) is 35.9 Å². The highest BCUT2D eigenvalue weighted by Crippen LogP contribution is 2.32.